The number of hydrogen-bond donors (Lipinski definition) is 2. The molecule has 0 aliphatic rings. The van der Waals surface area contributed by atoms with Crippen LogP contribution < -0.4 is 11.1 Å². The normalized spacial score (nSPS) is 10.2. The van der Waals surface area contributed by atoms with Gasteiger partial charge in [-0.05, 0) is 36.6 Å². The van der Waals surface area contributed by atoms with Crippen molar-refractivity contribution in [3.63, 3.8) is 0 Å². The molecule has 0 aliphatic carbocycles. The Bertz CT molecular complexity index is 660. The summed E-state index contributed by atoms with van der Waals surface area (Å²) in [4.78, 5) is 45.3. The molecule has 7 nitrogen and oxygen atoms in total. The van der Waals surface area contributed by atoms with Gasteiger partial charge in [0, 0.05) is 36.9 Å². The number of amides is 2. The van der Waals surface area contributed by atoms with Gasteiger partial charge in [-0.2, -0.15) is 0 Å². The number of nitrogens with one attached hydrogen (secondary N) is 1. The Morgan fingerprint density at radius 2 is 1.92 bits per heavy atom. The third kappa shape index (κ3) is 8.30. The average Bonchev–Trinajstić information content (AvgIpc) is 2.54. The third-order valence-electron chi connectivity index (χ3n) is 3.30. The average molecular weight is 369 g/mol. The predicted molar refractivity (Wildman–Crippen MR) is 92.2 cm³/mol. The largest absolute Gasteiger partial charge is 0.456 e. The minimum atomic E-state index is -0.730. The summed E-state index contributed by atoms with van der Waals surface area (Å²) in [5.41, 5.74) is 6.02. The molecular weight excluding hydrogens is 348 g/mol. The van der Waals surface area contributed by atoms with Crippen LogP contribution >= 0.6 is 11.6 Å². The molecule has 0 fully saturated rings. The van der Waals surface area contributed by atoms with Crippen LogP contribution in [0, 0.1) is 0 Å². The van der Waals surface area contributed by atoms with Crippen molar-refractivity contribution in [1.82, 2.24) is 5.32 Å². The molecule has 8 heteroatoms. The maximum atomic E-state index is 12.3. The molecule has 0 aromatic heterocycles. The Hall–Kier alpha value is -2.41. The Morgan fingerprint density at radius 1 is 1.20 bits per heavy atom. The van der Waals surface area contributed by atoms with Gasteiger partial charge < -0.3 is 15.8 Å². The fourth-order valence-corrected chi connectivity index (χ4v) is 2.34. The molecule has 1 rings (SSSR count). The molecule has 25 heavy (non-hydrogen) atoms. The molecule has 136 valence electrons. The maximum absolute atomic E-state index is 12.3. The summed E-state index contributed by atoms with van der Waals surface area (Å²) < 4.78 is 4.69. The first-order valence-corrected chi connectivity index (χ1v) is 8.17. The van der Waals surface area contributed by atoms with Crippen molar-refractivity contribution < 1.29 is 23.9 Å². The number of rotatable bonds is 10. The Kier molecular flexibility index (Phi) is 8.63. The molecule has 0 saturated heterocycles. The predicted octanol–water partition coefficient (Wildman–Crippen LogP) is 1.40. The Morgan fingerprint density at radius 3 is 2.56 bits per heavy atom. The lowest BCUT2D eigenvalue weighted by Gasteiger charge is -2.10. The summed E-state index contributed by atoms with van der Waals surface area (Å²) in [7, 11) is 0. The van der Waals surface area contributed by atoms with Crippen molar-refractivity contribution in [3.05, 3.63) is 34.3 Å². The van der Waals surface area contributed by atoms with E-state index in [1.165, 1.54) is 6.92 Å². The lowest BCUT2D eigenvalue weighted by molar-refractivity contribution is -0.147. The summed E-state index contributed by atoms with van der Waals surface area (Å²) >= 11 is 5.97. The van der Waals surface area contributed by atoms with Crippen LogP contribution in [0.15, 0.2) is 18.2 Å². The molecule has 0 spiro atoms. The van der Waals surface area contributed by atoms with E-state index in [0.29, 0.717) is 29.1 Å². The van der Waals surface area contributed by atoms with Gasteiger partial charge in [-0.1, -0.05) is 11.6 Å². The van der Waals surface area contributed by atoms with Crippen molar-refractivity contribution in [2.45, 2.75) is 32.6 Å². The van der Waals surface area contributed by atoms with Crippen LogP contribution in [0.5, 0.6) is 0 Å². The quantitative estimate of drug-likeness (QED) is 0.368. The summed E-state index contributed by atoms with van der Waals surface area (Å²) in [5.74, 6) is -1.55. The van der Waals surface area contributed by atoms with Gasteiger partial charge in [0.15, 0.2) is 12.4 Å². The van der Waals surface area contributed by atoms with E-state index >= 15 is 0 Å². The number of hydrogen-bond acceptors (Lipinski definition) is 5. The van der Waals surface area contributed by atoms with Crippen molar-refractivity contribution in [1.29, 1.82) is 0 Å². The lowest BCUT2D eigenvalue weighted by atomic mass is 9.97. The number of carbonyl (C=O) groups is 4. The highest BCUT2D eigenvalue weighted by molar-refractivity contribution is 6.30. The standard InChI is InChI=1S/C17H21ClN2O5/c1-11(21)20-8-2-3-15(22)14-6-5-13(18)9-12(14)4-7-17(24)25-10-16(19)23/h5-6,9H,2-4,7-8,10H2,1H3,(H2,19,23)(H,20,21). The van der Waals surface area contributed by atoms with Crippen LogP contribution in [-0.2, 0) is 25.5 Å². The molecule has 0 unspecified atom stereocenters. The summed E-state index contributed by atoms with van der Waals surface area (Å²) in [5, 5.41) is 3.08. The van der Waals surface area contributed by atoms with Crippen LogP contribution in [0.25, 0.3) is 0 Å². The molecule has 0 bridgehead atoms. The number of nitrogens with two attached hydrogens (primary N) is 1. The van der Waals surface area contributed by atoms with E-state index in [0.717, 1.165) is 0 Å². The second kappa shape index (κ2) is 10.5. The fourth-order valence-electron chi connectivity index (χ4n) is 2.15. The second-order valence-corrected chi connectivity index (χ2v) is 5.87. The molecule has 1 aromatic carbocycles. The van der Waals surface area contributed by atoms with Crippen LogP contribution in [0.3, 0.4) is 0 Å². The maximum Gasteiger partial charge on any atom is 0.306 e. The molecule has 0 radical (unpaired) electrons. The summed E-state index contributed by atoms with van der Waals surface area (Å²) in [6.45, 7) is 1.36. The SMILES string of the molecule is CC(=O)NCCCC(=O)c1ccc(Cl)cc1CCC(=O)OCC(N)=O. The number of esters is 1. The zero-order valence-electron chi connectivity index (χ0n) is 14.0. The molecule has 1 aromatic rings. The second-order valence-electron chi connectivity index (χ2n) is 5.44. The number of ketones is 1. The van der Waals surface area contributed by atoms with Gasteiger partial charge in [0.25, 0.3) is 5.91 Å². The van der Waals surface area contributed by atoms with Gasteiger partial charge in [-0.25, -0.2) is 0 Å². The van der Waals surface area contributed by atoms with Gasteiger partial charge in [-0.3, -0.25) is 19.2 Å². The van der Waals surface area contributed by atoms with Crippen LogP contribution in [0.4, 0.5) is 0 Å². The van der Waals surface area contributed by atoms with Gasteiger partial charge in [0.2, 0.25) is 5.91 Å². The Balaban J connectivity index is 2.65. The molecule has 0 saturated carbocycles. The molecular formula is C17H21ClN2O5. The van der Waals surface area contributed by atoms with E-state index in [-0.39, 0.29) is 31.0 Å². The Labute approximate surface area is 150 Å². The first-order valence-electron chi connectivity index (χ1n) is 7.79. The number of benzene rings is 1. The van der Waals surface area contributed by atoms with Gasteiger partial charge in [0.1, 0.15) is 0 Å². The van der Waals surface area contributed by atoms with E-state index in [4.69, 9.17) is 17.3 Å². The number of Topliss-reactive ketones (excluding diaryl/α,β-unsaturated/α-hetero) is 1. The zero-order chi connectivity index (χ0) is 18.8. The minimum absolute atomic E-state index is 0.000204. The van der Waals surface area contributed by atoms with Crippen molar-refractivity contribution in [3.8, 4) is 0 Å². The number of aryl methyl sites for hydroxylation is 1. The fraction of sp³-hybridized carbons (Fsp3) is 0.412. The van der Waals surface area contributed by atoms with Crippen LogP contribution in [-0.4, -0.2) is 36.7 Å². The third-order valence-corrected chi connectivity index (χ3v) is 3.53. The lowest BCUT2D eigenvalue weighted by Crippen LogP contribution is -2.21. The first kappa shape index (κ1) is 20.6. The van der Waals surface area contributed by atoms with Gasteiger partial charge in [-0.15, -0.1) is 0 Å². The van der Waals surface area contributed by atoms with E-state index in [2.05, 4.69) is 10.1 Å². The summed E-state index contributed by atoms with van der Waals surface area (Å²) in [6, 6.07) is 4.86. The number of ether oxygens (including phenoxy) is 1. The van der Waals surface area contributed by atoms with E-state index in [1.807, 2.05) is 0 Å². The number of carbonyl (C=O) groups excluding carboxylic acids is 4. The molecule has 0 heterocycles. The number of primary amides is 1. The van der Waals surface area contributed by atoms with E-state index in [9.17, 15) is 19.2 Å². The van der Waals surface area contributed by atoms with Crippen LogP contribution in [0.1, 0.15) is 42.1 Å². The van der Waals surface area contributed by atoms with E-state index < -0.39 is 18.5 Å². The highest BCUT2D eigenvalue weighted by Crippen LogP contribution is 2.20. The highest BCUT2D eigenvalue weighted by atomic mass is 35.5. The zero-order valence-corrected chi connectivity index (χ0v) is 14.7. The first-order chi connectivity index (χ1) is 11.8. The topological polar surface area (TPSA) is 116 Å². The summed E-state index contributed by atoms with van der Waals surface area (Å²) in [6.07, 6.45) is 1.03. The molecule has 0 atom stereocenters. The minimum Gasteiger partial charge on any atom is -0.456 e. The molecule has 2 amide bonds. The monoisotopic (exact) mass is 368 g/mol. The van der Waals surface area contributed by atoms with Gasteiger partial charge >= 0.3 is 5.97 Å². The molecule has 0 aliphatic heterocycles. The van der Waals surface area contributed by atoms with Gasteiger partial charge in [0.05, 0.1) is 0 Å². The van der Waals surface area contributed by atoms with Crippen LogP contribution in [0.2, 0.25) is 5.02 Å². The molecule has 3 N–H and O–H groups in total. The number of halogens is 1. The van der Waals surface area contributed by atoms with Crippen molar-refractivity contribution in [2.75, 3.05) is 13.2 Å². The van der Waals surface area contributed by atoms with E-state index in [1.54, 1.807) is 18.2 Å². The highest BCUT2D eigenvalue weighted by Gasteiger charge is 2.14. The van der Waals surface area contributed by atoms with Crippen molar-refractivity contribution >= 4 is 35.2 Å². The smallest absolute Gasteiger partial charge is 0.306 e. The van der Waals surface area contributed by atoms with Crippen molar-refractivity contribution in [2.24, 2.45) is 5.73 Å².